The summed E-state index contributed by atoms with van der Waals surface area (Å²) >= 11 is 0. The topological polar surface area (TPSA) is 83.9 Å². The molecule has 98 valence electrons. The molecule has 1 aromatic carbocycles. The second kappa shape index (κ2) is 5.08. The summed E-state index contributed by atoms with van der Waals surface area (Å²) in [5.41, 5.74) is 2.22. The Morgan fingerprint density at radius 1 is 1.53 bits per heavy atom. The number of nitro groups is 1. The Morgan fingerprint density at radius 3 is 2.84 bits per heavy atom. The number of aryl methyl sites for hydroxylation is 1. The highest BCUT2D eigenvalue weighted by molar-refractivity contribution is 5.88. The quantitative estimate of drug-likeness (QED) is 0.672. The smallest absolute Gasteiger partial charge is 0.270 e. The Balaban J connectivity index is 2.70. The van der Waals surface area contributed by atoms with Gasteiger partial charge in [-0.15, -0.1) is 0 Å². The molecule has 2 aromatic rings. The number of aromatic nitrogens is 1. The first-order valence-corrected chi connectivity index (χ1v) is 5.96. The molecule has 0 aliphatic rings. The van der Waals surface area contributed by atoms with Crippen LogP contribution in [0.15, 0.2) is 18.2 Å². The Kier molecular flexibility index (Phi) is 3.49. The van der Waals surface area contributed by atoms with Crippen molar-refractivity contribution < 1.29 is 4.92 Å². The summed E-state index contributed by atoms with van der Waals surface area (Å²) in [6.07, 6.45) is 0. The second-order valence-electron chi connectivity index (χ2n) is 4.24. The summed E-state index contributed by atoms with van der Waals surface area (Å²) in [6.45, 7) is 3.27. The molecule has 6 nitrogen and oxygen atoms in total. The van der Waals surface area contributed by atoms with Gasteiger partial charge in [-0.05, 0) is 12.6 Å². The van der Waals surface area contributed by atoms with Crippen LogP contribution in [0.1, 0.15) is 18.2 Å². The lowest BCUT2D eigenvalue weighted by Gasteiger charge is -2.01. The molecule has 0 atom stereocenters. The van der Waals surface area contributed by atoms with Crippen molar-refractivity contribution in [1.82, 2.24) is 9.88 Å². The van der Waals surface area contributed by atoms with Crippen molar-refractivity contribution in [2.45, 2.75) is 13.5 Å². The molecule has 0 unspecified atom stereocenters. The molecule has 2 rings (SSSR count). The Hall–Kier alpha value is -2.39. The van der Waals surface area contributed by atoms with E-state index in [1.54, 1.807) is 17.7 Å². The first-order valence-electron chi connectivity index (χ1n) is 5.96. The molecule has 0 spiro atoms. The molecule has 0 saturated heterocycles. The second-order valence-corrected chi connectivity index (χ2v) is 4.24. The minimum Gasteiger partial charge on any atom is -0.335 e. The van der Waals surface area contributed by atoms with E-state index < -0.39 is 4.92 Å². The summed E-state index contributed by atoms with van der Waals surface area (Å²) in [6, 6.07) is 6.84. The predicted molar refractivity (Wildman–Crippen MR) is 71.7 cm³/mol. The van der Waals surface area contributed by atoms with E-state index in [4.69, 9.17) is 0 Å². The highest BCUT2D eigenvalue weighted by Gasteiger charge is 2.17. The number of nitrogens with zero attached hydrogens (tertiary/aromatic N) is 3. The number of nitrogens with one attached hydrogen (secondary N) is 1. The van der Waals surface area contributed by atoms with E-state index >= 15 is 0 Å². The molecule has 0 saturated carbocycles. The first-order chi connectivity index (χ1) is 9.10. The molecule has 0 radical (unpaired) electrons. The fraction of sp³-hybridized carbons (Fsp3) is 0.308. The van der Waals surface area contributed by atoms with Crippen LogP contribution in [-0.4, -0.2) is 16.0 Å². The highest BCUT2D eigenvalue weighted by atomic mass is 16.6. The number of hydrogen-bond acceptors (Lipinski definition) is 4. The molecule has 6 heteroatoms. The van der Waals surface area contributed by atoms with Crippen LogP contribution in [0.4, 0.5) is 5.69 Å². The summed E-state index contributed by atoms with van der Waals surface area (Å²) in [5.74, 6) is 0. The molecule has 1 heterocycles. The fourth-order valence-corrected chi connectivity index (χ4v) is 2.19. The van der Waals surface area contributed by atoms with E-state index in [0.29, 0.717) is 12.2 Å². The van der Waals surface area contributed by atoms with E-state index in [2.05, 4.69) is 11.4 Å². The largest absolute Gasteiger partial charge is 0.335 e. The number of hydrogen-bond donors (Lipinski definition) is 1. The van der Waals surface area contributed by atoms with Gasteiger partial charge in [0.1, 0.15) is 11.8 Å². The summed E-state index contributed by atoms with van der Waals surface area (Å²) in [7, 11) is 1.79. The minimum absolute atomic E-state index is 0.0420. The zero-order valence-electron chi connectivity index (χ0n) is 10.8. The molecule has 1 aromatic heterocycles. The average Bonchev–Trinajstić information content (AvgIpc) is 2.68. The molecule has 0 aliphatic carbocycles. The van der Waals surface area contributed by atoms with Crippen molar-refractivity contribution in [3.63, 3.8) is 0 Å². The van der Waals surface area contributed by atoms with Gasteiger partial charge >= 0.3 is 0 Å². The number of benzene rings is 1. The third-order valence-electron chi connectivity index (χ3n) is 3.16. The van der Waals surface area contributed by atoms with Crippen LogP contribution in [0.25, 0.3) is 10.9 Å². The lowest BCUT2D eigenvalue weighted by atomic mass is 10.1. The lowest BCUT2D eigenvalue weighted by Crippen LogP contribution is -2.12. The maximum Gasteiger partial charge on any atom is 0.270 e. The monoisotopic (exact) mass is 258 g/mol. The van der Waals surface area contributed by atoms with Crippen molar-refractivity contribution in [3.8, 4) is 6.07 Å². The van der Waals surface area contributed by atoms with Gasteiger partial charge in [0, 0.05) is 42.2 Å². The highest BCUT2D eigenvalue weighted by Crippen LogP contribution is 2.28. The summed E-state index contributed by atoms with van der Waals surface area (Å²) < 4.78 is 1.77. The van der Waals surface area contributed by atoms with E-state index in [0.717, 1.165) is 23.0 Å². The van der Waals surface area contributed by atoms with E-state index in [1.165, 1.54) is 12.1 Å². The molecular formula is C13H14N4O2. The standard InChI is InChI=1S/C13H14N4O2/c1-3-15-8-11-10-6-9(17(18)19)4-5-12(10)16(2)13(11)7-14/h4-6,15H,3,8H2,1-2H3. The molecule has 0 aliphatic heterocycles. The number of nitro benzene ring substituents is 1. The van der Waals surface area contributed by atoms with Gasteiger partial charge in [-0.3, -0.25) is 10.1 Å². The van der Waals surface area contributed by atoms with Crippen molar-refractivity contribution in [3.05, 3.63) is 39.6 Å². The van der Waals surface area contributed by atoms with Gasteiger partial charge in [-0.25, -0.2) is 0 Å². The number of fused-ring (bicyclic) bond motifs is 1. The van der Waals surface area contributed by atoms with Gasteiger partial charge < -0.3 is 9.88 Å². The van der Waals surface area contributed by atoms with E-state index in [1.807, 2.05) is 6.92 Å². The molecule has 0 bridgehead atoms. The van der Waals surface area contributed by atoms with Crippen molar-refractivity contribution in [2.75, 3.05) is 6.54 Å². The van der Waals surface area contributed by atoms with Gasteiger partial charge in [0.15, 0.2) is 0 Å². The van der Waals surface area contributed by atoms with Crippen molar-refractivity contribution in [2.24, 2.45) is 7.05 Å². The van der Waals surface area contributed by atoms with Crippen LogP contribution in [0.3, 0.4) is 0 Å². The van der Waals surface area contributed by atoms with Crippen LogP contribution in [-0.2, 0) is 13.6 Å². The number of nitriles is 1. The zero-order valence-corrected chi connectivity index (χ0v) is 10.8. The minimum atomic E-state index is -0.421. The van der Waals surface area contributed by atoms with Gasteiger partial charge in [0.25, 0.3) is 5.69 Å². The van der Waals surface area contributed by atoms with Gasteiger partial charge in [-0.1, -0.05) is 6.92 Å². The van der Waals surface area contributed by atoms with Crippen LogP contribution >= 0.6 is 0 Å². The Morgan fingerprint density at radius 2 is 2.26 bits per heavy atom. The molecule has 0 amide bonds. The molecular weight excluding hydrogens is 244 g/mol. The SMILES string of the molecule is CCNCc1c(C#N)n(C)c2ccc([N+](=O)[O-])cc12. The van der Waals surface area contributed by atoms with Gasteiger partial charge in [0.05, 0.1) is 4.92 Å². The predicted octanol–water partition coefficient (Wildman–Crippen LogP) is 2.07. The van der Waals surface area contributed by atoms with Gasteiger partial charge in [-0.2, -0.15) is 5.26 Å². The summed E-state index contributed by atoms with van der Waals surface area (Å²) in [4.78, 5) is 10.4. The Labute approximate surface area is 110 Å². The average molecular weight is 258 g/mol. The zero-order chi connectivity index (χ0) is 14.0. The van der Waals surface area contributed by atoms with Crippen LogP contribution < -0.4 is 5.32 Å². The maximum absolute atomic E-state index is 10.8. The van der Waals surface area contributed by atoms with Crippen LogP contribution in [0, 0.1) is 21.4 Å². The number of non-ortho nitro benzene ring substituents is 1. The van der Waals surface area contributed by atoms with E-state index in [-0.39, 0.29) is 5.69 Å². The fourth-order valence-electron chi connectivity index (χ4n) is 2.19. The maximum atomic E-state index is 10.8. The van der Waals surface area contributed by atoms with Crippen LogP contribution in [0.2, 0.25) is 0 Å². The van der Waals surface area contributed by atoms with Crippen molar-refractivity contribution in [1.29, 1.82) is 5.26 Å². The van der Waals surface area contributed by atoms with Crippen molar-refractivity contribution >= 4 is 16.6 Å². The Bertz CT molecular complexity index is 682. The molecule has 1 N–H and O–H groups in total. The third-order valence-corrected chi connectivity index (χ3v) is 3.16. The van der Waals surface area contributed by atoms with E-state index in [9.17, 15) is 15.4 Å². The van der Waals surface area contributed by atoms with Crippen LogP contribution in [0.5, 0.6) is 0 Å². The lowest BCUT2D eigenvalue weighted by molar-refractivity contribution is -0.384. The molecule has 0 fully saturated rings. The first kappa shape index (κ1) is 13.1. The van der Waals surface area contributed by atoms with Gasteiger partial charge in [0.2, 0.25) is 0 Å². The summed E-state index contributed by atoms with van der Waals surface area (Å²) in [5, 5.41) is 24.0. The normalized spacial score (nSPS) is 10.6. The number of rotatable bonds is 4. The molecule has 19 heavy (non-hydrogen) atoms. The third kappa shape index (κ3) is 2.16.